The minimum absolute atomic E-state index is 0.0798. The fourth-order valence-corrected chi connectivity index (χ4v) is 5.66. The normalized spacial score (nSPS) is 18.3. The monoisotopic (exact) mass is 448 g/mol. The molecule has 1 aliphatic carbocycles. The zero-order chi connectivity index (χ0) is 22.9. The minimum Gasteiger partial charge on any atom is -0.339 e. The van der Waals surface area contributed by atoms with Gasteiger partial charge in [0.1, 0.15) is 17.2 Å². The van der Waals surface area contributed by atoms with Crippen molar-refractivity contribution in [3.63, 3.8) is 0 Å². The number of hydrogen-bond acceptors (Lipinski definition) is 3. The number of halogens is 1. The maximum Gasteiger partial charge on any atom is 0.253 e. The van der Waals surface area contributed by atoms with Crippen LogP contribution in [0.2, 0.25) is 0 Å². The number of amides is 1. The Morgan fingerprint density at radius 1 is 1.06 bits per heavy atom. The van der Waals surface area contributed by atoms with Gasteiger partial charge in [0, 0.05) is 44.3 Å². The van der Waals surface area contributed by atoms with E-state index in [0.29, 0.717) is 29.2 Å². The lowest BCUT2D eigenvalue weighted by molar-refractivity contribution is 0.0598. The van der Waals surface area contributed by atoms with Crippen LogP contribution >= 0.6 is 0 Å². The van der Waals surface area contributed by atoms with Crippen molar-refractivity contribution in [2.45, 2.75) is 64.1 Å². The van der Waals surface area contributed by atoms with Gasteiger partial charge in [-0.15, -0.1) is 0 Å². The molecule has 1 amide bonds. The summed E-state index contributed by atoms with van der Waals surface area (Å²) in [5, 5.41) is 0. The van der Waals surface area contributed by atoms with Crippen molar-refractivity contribution >= 4 is 16.9 Å². The Morgan fingerprint density at radius 3 is 2.45 bits per heavy atom. The summed E-state index contributed by atoms with van der Waals surface area (Å²) in [7, 11) is 1.94. The third-order valence-corrected chi connectivity index (χ3v) is 7.66. The Labute approximate surface area is 195 Å². The molecule has 174 valence electrons. The van der Waals surface area contributed by atoms with Gasteiger partial charge in [0.2, 0.25) is 0 Å². The number of fused-ring (bicyclic) bond motifs is 1. The van der Waals surface area contributed by atoms with Crippen molar-refractivity contribution in [3.05, 3.63) is 65.2 Å². The second-order valence-corrected chi connectivity index (χ2v) is 9.67. The number of aryl methyl sites for hydroxylation is 1. The van der Waals surface area contributed by atoms with Crippen LogP contribution in [0.4, 0.5) is 4.39 Å². The number of piperidine rings is 1. The van der Waals surface area contributed by atoms with E-state index in [1.54, 1.807) is 6.07 Å². The molecule has 0 N–H and O–H groups in total. The number of imidazole rings is 1. The standard InChI is InChI=1S/C27H33FN4O/c1-19-29-25-9-5-8-24(28)26(25)32(19)18-20-10-12-21(13-11-20)27(33)30(2)22-14-16-31(17-15-22)23-6-3-4-7-23/h5,8-13,22-23H,3-4,6-7,14-18H2,1-2H3. The van der Waals surface area contributed by atoms with Gasteiger partial charge in [-0.1, -0.05) is 31.0 Å². The van der Waals surface area contributed by atoms with Crippen LogP contribution in [0, 0.1) is 12.7 Å². The van der Waals surface area contributed by atoms with Crippen LogP contribution in [0.15, 0.2) is 42.5 Å². The summed E-state index contributed by atoms with van der Waals surface area (Å²) in [6, 6.07) is 13.8. The highest BCUT2D eigenvalue weighted by molar-refractivity contribution is 5.94. The summed E-state index contributed by atoms with van der Waals surface area (Å²) in [5.41, 5.74) is 2.92. The maximum absolute atomic E-state index is 14.4. The first-order valence-corrected chi connectivity index (χ1v) is 12.2. The molecule has 0 spiro atoms. The molecule has 2 aliphatic rings. The van der Waals surface area contributed by atoms with Crippen molar-refractivity contribution in [2.75, 3.05) is 20.1 Å². The molecule has 5 nitrogen and oxygen atoms in total. The molecule has 5 rings (SSSR count). The third-order valence-electron chi connectivity index (χ3n) is 7.66. The highest BCUT2D eigenvalue weighted by Crippen LogP contribution is 2.27. The minimum atomic E-state index is -0.263. The fourth-order valence-electron chi connectivity index (χ4n) is 5.66. The number of para-hydroxylation sites is 1. The number of aromatic nitrogens is 2. The largest absolute Gasteiger partial charge is 0.339 e. The van der Waals surface area contributed by atoms with Crippen molar-refractivity contribution in [2.24, 2.45) is 0 Å². The molecule has 2 aromatic carbocycles. The Bertz CT molecular complexity index is 1120. The lowest BCUT2D eigenvalue weighted by Gasteiger charge is -2.39. The molecule has 0 radical (unpaired) electrons. The molecule has 2 heterocycles. The second-order valence-electron chi connectivity index (χ2n) is 9.67. The van der Waals surface area contributed by atoms with Gasteiger partial charge in [-0.3, -0.25) is 4.79 Å². The van der Waals surface area contributed by atoms with Gasteiger partial charge in [0.15, 0.2) is 0 Å². The lowest BCUT2D eigenvalue weighted by atomic mass is 10.00. The highest BCUT2D eigenvalue weighted by atomic mass is 19.1. The van der Waals surface area contributed by atoms with Crippen molar-refractivity contribution < 1.29 is 9.18 Å². The number of likely N-dealkylation sites (tertiary alicyclic amines) is 1. The third kappa shape index (κ3) is 4.41. The molecule has 0 bridgehead atoms. The summed E-state index contributed by atoms with van der Waals surface area (Å²) in [4.78, 5) is 22.2. The van der Waals surface area contributed by atoms with Crippen LogP contribution < -0.4 is 0 Å². The van der Waals surface area contributed by atoms with Gasteiger partial charge in [0.05, 0.1) is 5.52 Å². The van der Waals surface area contributed by atoms with Crippen LogP contribution in [0.25, 0.3) is 11.0 Å². The van der Waals surface area contributed by atoms with Crippen LogP contribution in [-0.2, 0) is 6.54 Å². The lowest BCUT2D eigenvalue weighted by Crippen LogP contribution is -2.48. The average Bonchev–Trinajstić information content (AvgIpc) is 3.48. The second kappa shape index (κ2) is 9.26. The van der Waals surface area contributed by atoms with E-state index < -0.39 is 0 Å². The molecule has 1 aliphatic heterocycles. The molecular formula is C27H33FN4O. The zero-order valence-corrected chi connectivity index (χ0v) is 19.6. The quantitative estimate of drug-likeness (QED) is 0.551. The molecule has 2 fully saturated rings. The van der Waals surface area contributed by atoms with Crippen molar-refractivity contribution in [1.82, 2.24) is 19.4 Å². The molecule has 1 saturated heterocycles. The first kappa shape index (κ1) is 22.1. The predicted molar refractivity (Wildman–Crippen MR) is 129 cm³/mol. The summed E-state index contributed by atoms with van der Waals surface area (Å²) >= 11 is 0. The Balaban J connectivity index is 1.23. The Hall–Kier alpha value is -2.73. The topological polar surface area (TPSA) is 41.4 Å². The molecule has 1 aromatic heterocycles. The van der Waals surface area contributed by atoms with Crippen LogP contribution in [0.3, 0.4) is 0 Å². The van der Waals surface area contributed by atoms with Crippen molar-refractivity contribution in [3.8, 4) is 0 Å². The summed E-state index contributed by atoms with van der Waals surface area (Å²) in [6.07, 6.45) is 7.51. The Morgan fingerprint density at radius 2 is 1.76 bits per heavy atom. The Kier molecular flexibility index (Phi) is 6.19. The smallest absolute Gasteiger partial charge is 0.253 e. The summed E-state index contributed by atoms with van der Waals surface area (Å²) in [6.45, 7) is 4.61. The number of hydrogen-bond donors (Lipinski definition) is 0. The number of carbonyl (C=O) groups is 1. The van der Waals surface area contributed by atoms with E-state index in [1.807, 2.05) is 53.8 Å². The predicted octanol–water partition coefficient (Wildman–Crippen LogP) is 5.01. The van der Waals surface area contributed by atoms with Crippen LogP contribution in [0.5, 0.6) is 0 Å². The van der Waals surface area contributed by atoms with E-state index in [1.165, 1.54) is 31.7 Å². The number of nitrogens with zero attached hydrogens (tertiary/aromatic N) is 4. The van der Waals surface area contributed by atoms with E-state index in [-0.39, 0.29) is 11.7 Å². The first-order valence-electron chi connectivity index (χ1n) is 12.2. The molecular weight excluding hydrogens is 415 g/mol. The van der Waals surface area contributed by atoms with Gasteiger partial charge in [-0.2, -0.15) is 0 Å². The fraction of sp³-hybridized carbons (Fsp3) is 0.481. The molecule has 6 heteroatoms. The van der Waals surface area contributed by atoms with Gasteiger partial charge < -0.3 is 14.4 Å². The maximum atomic E-state index is 14.4. The van der Waals surface area contributed by atoms with Crippen molar-refractivity contribution in [1.29, 1.82) is 0 Å². The molecule has 0 atom stereocenters. The number of carbonyl (C=O) groups excluding carboxylic acids is 1. The van der Waals surface area contributed by atoms with E-state index in [2.05, 4.69) is 9.88 Å². The molecule has 33 heavy (non-hydrogen) atoms. The number of benzene rings is 2. The van der Waals surface area contributed by atoms with Gasteiger partial charge in [0.25, 0.3) is 5.91 Å². The highest BCUT2D eigenvalue weighted by Gasteiger charge is 2.30. The van der Waals surface area contributed by atoms with Gasteiger partial charge in [-0.25, -0.2) is 9.37 Å². The van der Waals surface area contributed by atoms with E-state index >= 15 is 0 Å². The van der Waals surface area contributed by atoms with Gasteiger partial charge >= 0.3 is 0 Å². The van der Waals surface area contributed by atoms with Crippen LogP contribution in [0.1, 0.15) is 60.3 Å². The molecule has 1 saturated carbocycles. The SMILES string of the molecule is Cc1nc2cccc(F)c2n1Cc1ccc(C(=O)N(C)C2CCN(C3CCCC3)CC2)cc1. The summed E-state index contributed by atoms with van der Waals surface area (Å²) < 4.78 is 16.3. The van der Waals surface area contributed by atoms with Gasteiger partial charge in [-0.05, 0) is 62.4 Å². The molecule has 0 unspecified atom stereocenters. The van der Waals surface area contributed by atoms with E-state index in [4.69, 9.17) is 0 Å². The van der Waals surface area contributed by atoms with E-state index in [0.717, 1.165) is 43.4 Å². The summed E-state index contributed by atoms with van der Waals surface area (Å²) in [5.74, 6) is 0.593. The van der Waals surface area contributed by atoms with E-state index in [9.17, 15) is 9.18 Å². The number of rotatable bonds is 5. The molecule has 3 aromatic rings. The zero-order valence-electron chi connectivity index (χ0n) is 19.6. The van der Waals surface area contributed by atoms with Crippen LogP contribution in [-0.4, -0.2) is 57.5 Å². The average molecular weight is 449 g/mol. The first-order chi connectivity index (χ1) is 16.0.